The molecule has 0 unspecified atom stereocenters. The molecule has 110 valence electrons. The molecule has 0 aliphatic rings. The maximum atomic E-state index is 13.0. The van der Waals surface area contributed by atoms with Crippen LogP contribution in [0.1, 0.15) is 5.56 Å². The minimum absolute atomic E-state index is 0.275. The van der Waals surface area contributed by atoms with Crippen molar-refractivity contribution in [2.75, 3.05) is 11.9 Å². The first kappa shape index (κ1) is 15.7. The Balaban J connectivity index is 1.80. The Hall–Kier alpha value is -1.72. The molecule has 0 radical (unpaired) electrons. The van der Waals surface area contributed by atoms with E-state index in [1.54, 1.807) is 0 Å². The van der Waals surface area contributed by atoms with Gasteiger partial charge in [-0.25, -0.2) is 8.78 Å². The summed E-state index contributed by atoms with van der Waals surface area (Å²) < 4.78 is 26.1. The van der Waals surface area contributed by atoms with Crippen LogP contribution in [0.25, 0.3) is 0 Å². The monoisotopic (exact) mass is 326 g/mol. The summed E-state index contributed by atoms with van der Waals surface area (Å²) in [4.78, 5) is 0. The predicted molar refractivity (Wildman–Crippen MR) is 85.7 cm³/mol. The van der Waals surface area contributed by atoms with Crippen molar-refractivity contribution in [3.8, 4) is 0 Å². The standard InChI is InChI=1S/C15H13ClF2N2S/c16-11-3-1-10(2-4-11)5-6-19-15(21)20-14-8-12(17)7-13(18)9-14/h1-4,7-9H,5-6H2,(H2,19,20,21). The van der Waals surface area contributed by atoms with Crippen molar-refractivity contribution in [2.45, 2.75) is 6.42 Å². The molecule has 0 heterocycles. The van der Waals surface area contributed by atoms with Crippen molar-refractivity contribution >= 4 is 34.6 Å². The highest BCUT2D eigenvalue weighted by Gasteiger charge is 2.02. The summed E-state index contributed by atoms with van der Waals surface area (Å²) in [6.07, 6.45) is 0.760. The Kier molecular flexibility index (Phi) is 5.47. The smallest absolute Gasteiger partial charge is 0.170 e. The molecule has 0 bridgehead atoms. The van der Waals surface area contributed by atoms with Gasteiger partial charge in [0.15, 0.2) is 5.11 Å². The summed E-state index contributed by atoms with van der Waals surface area (Å²) in [5, 5.41) is 6.72. The van der Waals surface area contributed by atoms with E-state index < -0.39 is 11.6 Å². The molecule has 6 heteroatoms. The molecule has 0 amide bonds. The second kappa shape index (κ2) is 7.33. The van der Waals surface area contributed by atoms with Gasteiger partial charge in [0.2, 0.25) is 0 Å². The van der Waals surface area contributed by atoms with E-state index >= 15 is 0 Å². The summed E-state index contributed by atoms with van der Waals surface area (Å²) in [5.74, 6) is -1.30. The zero-order chi connectivity index (χ0) is 15.2. The van der Waals surface area contributed by atoms with E-state index in [1.807, 2.05) is 24.3 Å². The Labute approximate surface area is 132 Å². The Bertz CT molecular complexity index is 612. The fourth-order valence-corrected chi connectivity index (χ4v) is 2.12. The third kappa shape index (κ3) is 5.28. The van der Waals surface area contributed by atoms with Crippen LogP contribution in [0, 0.1) is 11.6 Å². The number of benzene rings is 2. The lowest BCUT2D eigenvalue weighted by molar-refractivity contribution is 0.584. The first-order valence-electron chi connectivity index (χ1n) is 6.28. The van der Waals surface area contributed by atoms with Crippen molar-refractivity contribution < 1.29 is 8.78 Å². The van der Waals surface area contributed by atoms with Gasteiger partial charge in [-0.1, -0.05) is 23.7 Å². The van der Waals surface area contributed by atoms with Gasteiger partial charge in [0.25, 0.3) is 0 Å². The van der Waals surface area contributed by atoms with Crippen molar-refractivity contribution in [1.82, 2.24) is 5.32 Å². The number of rotatable bonds is 4. The van der Waals surface area contributed by atoms with Gasteiger partial charge in [0.1, 0.15) is 11.6 Å². The SMILES string of the molecule is Fc1cc(F)cc(NC(=S)NCCc2ccc(Cl)cc2)c1. The molecule has 0 fully saturated rings. The second-order valence-corrected chi connectivity index (χ2v) is 5.26. The van der Waals surface area contributed by atoms with Gasteiger partial charge in [-0.2, -0.15) is 0 Å². The molecule has 2 rings (SSSR count). The molecule has 0 spiro atoms. The number of hydrogen-bond acceptors (Lipinski definition) is 1. The van der Waals surface area contributed by atoms with Crippen LogP contribution in [0.3, 0.4) is 0 Å². The Morgan fingerprint density at radius 2 is 1.67 bits per heavy atom. The van der Waals surface area contributed by atoms with Crippen molar-refractivity contribution in [3.63, 3.8) is 0 Å². The zero-order valence-corrected chi connectivity index (χ0v) is 12.6. The minimum atomic E-state index is -0.651. The quantitative estimate of drug-likeness (QED) is 0.825. The van der Waals surface area contributed by atoms with Gasteiger partial charge in [0, 0.05) is 23.3 Å². The van der Waals surface area contributed by atoms with Crippen LogP contribution < -0.4 is 10.6 Å². The lowest BCUT2D eigenvalue weighted by Crippen LogP contribution is -2.30. The van der Waals surface area contributed by atoms with Crippen LogP contribution >= 0.6 is 23.8 Å². The van der Waals surface area contributed by atoms with E-state index in [-0.39, 0.29) is 5.69 Å². The maximum absolute atomic E-state index is 13.0. The highest BCUT2D eigenvalue weighted by molar-refractivity contribution is 7.80. The average molecular weight is 327 g/mol. The second-order valence-electron chi connectivity index (χ2n) is 4.42. The van der Waals surface area contributed by atoms with E-state index in [9.17, 15) is 8.78 Å². The van der Waals surface area contributed by atoms with E-state index in [0.717, 1.165) is 18.1 Å². The van der Waals surface area contributed by atoms with Crippen molar-refractivity contribution in [1.29, 1.82) is 0 Å². The lowest BCUT2D eigenvalue weighted by Gasteiger charge is -2.10. The molecule has 2 aromatic carbocycles. The largest absolute Gasteiger partial charge is 0.362 e. The van der Waals surface area contributed by atoms with Crippen LogP contribution in [0.15, 0.2) is 42.5 Å². The number of thiocarbonyl (C=S) groups is 1. The van der Waals surface area contributed by atoms with Crippen LogP contribution in [0.5, 0.6) is 0 Å². The van der Waals surface area contributed by atoms with Gasteiger partial charge >= 0.3 is 0 Å². The van der Waals surface area contributed by atoms with Gasteiger partial charge in [-0.05, 0) is 48.5 Å². The molecule has 21 heavy (non-hydrogen) atoms. The predicted octanol–water partition coefficient (Wildman–Crippen LogP) is 4.15. The molecule has 2 N–H and O–H groups in total. The number of hydrogen-bond donors (Lipinski definition) is 2. The fourth-order valence-electron chi connectivity index (χ4n) is 1.77. The van der Waals surface area contributed by atoms with Gasteiger partial charge in [0.05, 0.1) is 0 Å². The minimum Gasteiger partial charge on any atom is -0.362 e. The number of nitrogens with one attached hydrogen (secondary N) is 2. The summed E-state index contributed by atoms with van der Waals surface area (Å²) in [5.41, 5.74) is 1.39. The maximum Gasteiger partial charge on any atom is 0.170 e. The first-order chi connectivity index (χ1) is 10.0. The Morgan fingerprint density at radius 1 is 1.05 bits per heavy atom. The summed E-state index contributed by atoms with van der Waals surface area (Å²) in [6.45, 7) is 0.602. The molecule has 0 aromatic heterocycles. The van der Waals surface area contributed by atoms with Crippen LogP contribution in [-0.4, -0.2) is 11.7 Å². The molecular weight excluding hydrogens is 314 g/mol. The third-order valence-electron chi connectivity index (χ3n) is 2.73. The summed E-state index contributed by atoms with van der Waals surface area (Å²) in [7, 11) is 0. The van der Waals surface area contributed by atoms with Gasteiger partial charge < -0.3 is 10.6 Å². The summed E-state index contributed by atoms with van der Waals surface area (Å²) >= 11 is 10.9. The Morgan fingerprint density at radius 3 is 2.29 bits per heavy atom. The fraction of sp³-hybridized carbons (Fsp3) is 0.133. The average Bonchev–Trinajstić information content (AvgIpc) is 2.39. The molecule has 0 saturated heterocycles. The number of anilines is 1. The van der Waals surface area contributed by atoms with E-state index in [4.69, 9.17) is 23.8 Å². The van der Waals surface area contributed by atoms with Crippen LogP contribution in [0.4, 0.5) is 14.5 Å². The van der Waals surface area contributed by atoms with E-state index in [1.165, 1.54) is 12.1 Å². The van der Waals surface area contributed by atoms with Crippen molar-refractivity contribution in [3.05, 3.63) is 64.7 Å². The number of halogens is 3. The molecule has 0 atom stereocenters. The topological polar surface area (TPSA) is 24.1 Å². The molecule has 0 saturated carbocycles. The highest BCUT2D eigenvalue weighted by Crippen LogP contribution is 2.13. The van der Waals surface area contributed by atoms with E-state index in [2.05, 4.69) is 10.6 Å². The van der Waals surface area contributed by atoms with E-state index in [0.29, 0.717) is 16.7 Å². The zero-order valence-electron chi connectivity index (χ0n) is 11.0. The van der Waals surface area contributed by atoms with Crippen molar-refractivity contribution in [2.24, 2.45) is 0 Å². The van der Waals surface area contributed by atoms with Gasteiger partial charge in [-0.3, -0.25) is 0 Å². The summed E-state index contributed by atoms with van der Waals surface area (Å²) in [6, 6.07) is 10.7. The molecular formula is C15H13ClF2N2S. The normalized spacial score (nSPS) is 10.2. The lowest BCUT2D eigenvalue weighted by atomic mass is 10.1. The van der Waals surface area contributed by atoms with Gasteiger partial charge in [-0.15, -0.1) is 0 Å². The van der Waals surface area contributed by atoms with Crippen LogP contribution in [-0.2, 0) is 6.42 Å². The molecule has 0 aliphatic heterocycles. The third-order valence-corrected chi connectivity index (χ3v) is 3.23. The highest BCUT2D eigenvalue weighted by atomic mass is 35.5. The first-order valence-corrected chi connectivity index (χ1v) is 7.07. The molecule has 0 aliphatic carbocycles. The van der Waals surface area contributed by atoms with Crippen LogP contribution in [0.2, 0.25) is 5.02 Å². The molecule has 2 nitrogen and oxygen atoms in total. The molecule has 2 aromatic rings.